The zero-order valence-electron chi connectivity index (χ0n) is 11.3. The Labute approximate surface area is 130 Å². The molecule has 0 unspecified atom stereocenters. The molecule has 114 valence electrons. The number of halogens is 3. The maximum absolute atomic E-state index is 12.8. The molecule has 0 spiro atoms. The maximum atomic E-state index is 12.8. The van der Waals surface area contributed by atoms with Crippen LogP contribution in [0.2, 0.25) is 0 Å². The first-order chi connectivity index (χ1) is 8.58. The minimum Gasteiger partial charge on any atom is -0.368 e. The van der Waals surface area contributed by atoms with Crippen molar-refractivity contribution in [3.63, 3.8) is 0 Å². The summed E-state index contributed by atoms with van der Waals surface area (Å²) >= 11 is 0. The highest BCUT2D eigenvalue weighted by Gasteiger charge is 2.23. The fraction of sp³-hybridized carbons (Fsp3) is 0.462. The molecule has 0 bridgehead atoms. The second kappa shape index (κ2) is 8.29. The summed E-state index contributed by atoms with van der Waals surface area (Å²) in [6, 6.07) is 5.99. The molecular weight excluding hydrogens is 304 g/mol. The van der Waals surface area contributed by atoms with Crippen LogP contribution in [0, 0.1) is 5.82 Å². The Hall–Kier alpha value is -1.04. The van der Waals surface area contributed by atoms with Crippen molar-refractivity contribution in [3.05, 3.63) is 30.1 Å². The van der Waals surface area contributed by atoms with Crippen LogP contribution in [0.5, 0.6) is 0 Å². The number of nitrogens with two attached hydrogens (primary N) is 1. The molecule has 1 aromatic rings. The SMILES string of the molecule is C[C@@H](N)C(=O)N1CCN(c2ccc(F)cc2)CC1.Cl.Cl. The number of rotatable bonds is 2. The van der Waals surface area contributed by atoms with Crippen LogP contribution < -0.4 is 10.6 Å². The van der Waals surface area contributed by atoms with Gasteiger partial charge in [-0.15, -0.1) is 24.8 Å². The maximum Gasteiger partial charge on any atom is 0.239 e. The van der Waals surface area contributed by atoms with Gasteiger partial charge in [-0.3, -0.25) is 4.79 Å². The molecule has 1 aliphatic heterocycles. The highest BCUT2D eigenvalue weighted by molar-refractivity contribution is 5.85. The molecule has 1 heterocycles. The largest absolute Gasteiger partial charge is 0.368 e. The summed E-state index contributed by atoms with van der Waals surface area (Å²) in [5.41, 5.74) is 6.57. The van der Waals surface area contributed by atoms with Crippen LogP contribution in [0.1, 0.15) is 6.92 Å². The van der Waals surface area contributed by atoms with Crippen LogP contribution in [0.25, 0.3) is 0 Å². The van der Waals surface area contributed by atoms with Gasteiger partial charge in [-0.1, -0.05) is 0 Å². The van der Waals surface area contributed by atoms with E-state index in [0.29, 0.717) is 13.1 Å². The Morgan fingerprint density at radius 3 is 2.10 bits per heavy atom. The summed E-state index contributed by atoms with van der Waals surface area (Å²) in [5.74, 6) is -0.238. The average Bonchev–Trinajstić information content (AvgIpc) is 2.39. The predicted molar refractivity (Wildman–Crippen MR) is 83.3 cm³/mol. The lowest BCUT2D eigenvalue weighted by Crippen LogP contribution is -2.52. The standard InChI is InChI=1S/C13H18FN3O.2ClH/c1-10(15)13(18)17-8-6-16(7-9-17)12-4-2-11(14)3-5-12;;/h2-5,10H,6-9,15H2,1H3;2*1H/t10-;;/m1../s1. The molecule has 1 fully saturated rings. The zero-order chi connectivity index (χ0) is 13.1. The van der Waals surface area contributed by atoms with Gasteiger partial charge in [0.1, 0.15) is 5.82 Å². The number of nitrogens with zero attached hydrogens (tertiary/aromatic N) is 2. The van der Waals surface area contributed by atoms with Gasteiger partial charge >= 0.3 is 0 Å². The molecule has 0 aromatic heterocycles. The van der Waals surface area contributed by atoms with Gasteiger partial charge in [0, 0.05) is 31.9 Å². The van der Waals surface area contributed by atoms with Crippen LogP contribution >= 0.6 is 24.8 Å². The summed E-state index contributed by atoms with van der Waals surface area (Å²) in [5, 5.41) is 0. The zero-order valence-corrected chi connectivity index (χ0v) is 12.9. The van der Waals surface area contributed by atoms with E-state index >= 15 is 0 Å². The second-order valence-corrected chi connectivity index (χ2v) is 4.58. The van der Waals surface area contributed by atoms with Gasteiger partial charge in [-0.2, -0.15) is 0 Å². The number of benzene rings is 1. The number of hydrogen-bond acceptors (Lipinski definition) is 3. The molecule has 2 rings (SSSR count). The van der Waals surface area contributed by atoms with Gasteiger partial charge in [0.25, 0.3) is 0 Å². The minimum absolute atomic E-state index is 0. The Morgan fingerprint density at radius 2 is 1.65 bits per heavy atom. The third kappa shape index (κ3) is 4.51. The van der Waals surface area contributed by atoms with E-state index in [1.165, 1.54) is 12.1 Å². The molecule has 4 nitrogen and oxygen atoms in total. The first-order valence-corrected chi connectivity index (χ1v) is 6.13. The number of hydrogen-bond donors (Lipinski definition) is 1. The predicted octanol–water partition coefficient (Wildman–Crippen LogP) is 1.67. The van der Waals surface area contributed by atoms with Gasteiger partial charge in [0.2, 0.25) is 5.91 Å². The smallest absolute Gasteiger partial charge is 0.239 e. The summed E-state index contributed by atoms with van der Waals surface area (Å²) in [6.45, 7) is 4.54. The van der Waals surface area contributed by atoms with Crippen molar-refractivity contribution >= 4 is 36.4 Å². The van der Waals surface area contributed by atoms with Gasteiger partial charge in [-0.05, 0) is 31.2 Å². The number of carbonyl (C=O) groups excluding carboxylic acids is 1. The Morgan fingerprint density at radius 1 is 1.15 bits per heavy atom. The van der Waals surface area contributed by atoms with Gasteiger partial charge < -0.3 is 15.5 Å². The summed E-state index contributed by atoms with van der Waals surface area (Å²) < 4.78 is 12.8. The first kappa shape index (κ1) is 19.0. The van der Waals surface area contributed by atoms with E-state index in [2.05, 4.69) is 4.90 Å². The molecule has 1 amide bonds. The van der Waals surface area contributed by atoms with Crippen molar-refractivity contribution in [1.82, 2.24) is 4.90 Å². The lowest BCUT2D eigenvalue weighted by atomic mass is 10.2. The molecule has 2 N–H and O–H groups in total. The first-order valence-electron chi connectivity index (χ1n) is 6.13. The van der Waals surface area contributed by atoms with E-state index in [1.807, 2.05) is 0 Å². The third-order valence-electron chi connectivity index (χ3n) is 3.17. The van der Waals surface area contributed by atoms with Gasteiger partial charge in [0.05, 0.1) is 6.04 Å². The van der Waals surface area contributed by atoms with Crippen molar-refractivity contribution in [1.29, 1.82) is 0 Å². The quantitative estimate of drug-likeness (QED) is 0.900. The molecule has 0 saturated carbocycles. The summed E-state index contributed by atoms with van der Waals surface area (Å²) in [6.07, 6.45) is 0. The monoisotopic (exact) mass is 323 g/mol. The molecule has 1 aromatic carbocycles. The lowest BCUT2D eigenvalue weighted by Gasteiger charge is -2.36. The molecule has 0 aliphatic carbocycles. The highest BCUT2D eigenvalue weighted by atomic mass is 35.5. The van der Waals surface area contributed by atoms with Crippen LogP contribution in [-0.4, -0.2) is 43.0 Å². The molecule has 7 heteroatoms. The van der Waals surface area contributed by atoms with E-state index < -0.39 is 6.04 Å². The van der Waals surface area contributed by atoms with Crippen LogP contribution in [0.4, 0.5) is 10.1 Å². The normalized spacial score (nSPS) is 15.9. The molecule has 1 atom stereocenters. The van der Waals surface area contributed by atoms with Crippen molar-refractivity contribution in [2.45, 2.75) is 13.0 Å². The molecular formula is C13H20Cl2FN3O. The number of anilines is 1. The Balaban J connectivity index is 0.00000180. The fourth-order valence-corrected chi connectivity index (χ4v) is 2.12. The van der Waals surface area contributed by atoms with E-state index in [9.17, 15) is 9.18 Å². The Kier molecular flexibility index (Phi) is 7.86. The number of carbonyl (C=O) groups is 1. The van der Waals surface area contributed by atoms with E-state index in [4.69, 9.17) is 5.73 Å². The van der Waals surface area contributed by atoms with Gasteiger partial charge in [-0.25, -0.2) is 4.39 Å². The summed E-state index contributed by atoms with van der Waals surface area (Å²) in [7, 11) is 0. The molecule has 1 saturated heterocycles. The van der Waals surface area contributed by atoms with Crippen LogP contribution in [0.3, 0.4) is 0 Å². The van der Waals surface area contributed by atoms with Crippen molar-refractivity contribution in [2.75, 3.05) is 31.1 Å². The van der Waals surface area contributed by atoms with Crippen LogP contribution in [-0.2, 0) is 4.79 Å². The Bertz CT molecular complexity index is 420. The summed E-state index contributed by atoms with van der Waals surface area (Å²) in [4.78, 5) is 15.6. The molecule has 1 aliphatic rings. The van der Waals surface area contributed by atoms with Crippen molar-refractivity contribution in [2.24, 2.45) is 5.73 Å². The number of piperazine rings is 1. The minimum atomic E-state index is -0.442. The third-order valence-corrected chi connectivity index (χ3v) is 3.17. The van der Waals surface area contributed by atoms with Gasteiger partial charge in [0.15, 0.2) is 0 Å². The average molecular weight is 324 g/mol. The van der Waals surface area contributed by atoms with Crippen molar-refractivity contribution in [3.8, 4) is 0 Å². The fourth-order valence-electron chi connectivity index (χ4n) is 2.12. The van der Waals surface area contributed by atoms with Crippen molar-refractivity contribution < 1.29 is 9.18 Å². The van der Waals surface area contributed by atoms with E-state index in [1.54, 1.807) is 24.0 Å². The second-order valence-electron chi connectivity index (χ2n) is 4.58. The van der Waals surface area contributed by atoms with E-state index in [-0.39, 0.29) is 36.5 Å². The lowest BCUT2D eigenvalue weighted by molar-refractivity contribution is -0.132. The molecule has 0 radical (unpaired) electrons. The van der Waals surface area contributed by atoms with Crippen LogP contribution in [0.15, 0.2) is 24.3 Å². The highest BCUT2D eigenvalue weighted by Crippen LogP contribution is 2.17. The topological polar surface area (TPSA) is 49.6 Å². The number of amides is 1. The van der Waals surface area contributed by atoms with E-state index in [0.717, 1.165) is 18.8 Å². The molecule has 20 heavy (non-hydrogen) atoms.